The quantitative estimate of drug-likeness (QED) is 0.878. The molecule has 0 aliphatic carbocycles. The molecule has 0 fully saturated rings. The molecule has 4 heteroatoms. The van der Waals surface area contributed by atoms with Crippen LogP contribution in [0.4, 0.5) is 0 Å². The van der Waals surface area contributed by atoms with Gasteiger partial charge in [-0.3, -0.25) is 9.69 Å². The standard InChI is InChI=1S/C13H18ClNO2/c1-9(2)15(8-13(16)17)10(3)11-4-6-12(14)7-5-11/h4-7,9-10H,8H2,1-3H3,(H,16,17). The molecule has 0 radical (unpaired) electrons. The molecule has 1 rings (SSSR count). The monoisotopic (exact) mass is 255 g/mol. The summed E-state index contributed by atoms with van der Waals surface area (Å²) in [5, 5.41) is 9.60. The fourth-order valence-electron chi connectivity index (χ4n) is 1.86. The molecule has 0 amide bonds. The molecule has 17 heavy (non-hydrogen) atoms. The van der Waals surface area contributed by atoms with Crippen LogP contribution in [0.25, 0.3) is 0 Å². The van der Waals surface area contributed by atoms with E-state index >= 15 is 0 Å². The summed E-state index contributed by atoms with van der Waals surface area (Å²) in [6, 6.07) is 7.76. The number of carboxylic acid groups (broad SMARTS) is 1. The zero-order valence-corrected chi connectivity index (χ0v) is 11.1. The van der Waals surface area contributed by atoms with Crippen molar-refractivity contribution < 1.29 is 9.90 Å². The maximum Gasteiger partial charge on any atom is 0.317 e. The molecular weight excluding hydrogens is 238 g/mol. The zero-order valence-electron chi connectivity index (χ0n) is 10.4. The van der Waals surface area contributed by atoms with Crippen LogP contribution in [0.1, 0.15) is 32.4 Å². The molecule has 0 saturated carbocycles. The van der Waals surface area contributed by atoms with Crippen LogP contribution >= 0.6 is 11.6 Å². The van der Waals surface area contributed by atoms with Gasteiger partial charge in [-0.25, -0.2) is 0 Å². The fourth-order valence-corrected chi connectivity index (χ4v) is 1.98. The molecule has 3 nitrogen and oxygen atoms in total. The maximum absolute atomic E-state index is 10.8. The fraction of sp³-hybridized carbons (Fsp3) is 0.462. The van der Waals surface area contributed by atoms with E-state index in [1.165, 1.54) is 0 Å². The molecule has 0 heterocycles. The van der Waals surface area contributed by atoms with Crippen LogP contribution in [0.15, 0.2) is 24.3 Å². The number of nitrogens with zero attached hydrogens (tertiary/aromatic N) is 1. The van der Waals surface area contributed by atoms with Crippen LogP contribution in [0, 0.1) is 0 Å². The summed E-state index contributed by atoms with van der Waals surface area (Å²) in [5.41, 5.74) is 1.07. The Morgan fingerprint density at radius 3 is 2.24 bits per heavy atom. The summed E-state index contributed by atoms with van der Waals surface area (Å²) in [7, 11) is 0. The Kier molecular flexibility index (Phi) is 4.97. The molecule has 94 valence electrons. The molecule has 0 aliphatic rings. The van der Waals surface area contributed by atoms with Crippen LogP contribution in [-0.2, 0) is 4.79 Å². The summed E-state index contributed by atoms with van der Waals surface area (Å²) in [5.74, 6) is -0.806. The van der Waals surface area contributed by atoms with Gasteiger partial charge in [0.15, 0.2) is 0 Å². The Bertz CT molecular complexity index is 376. The van der Waals surface area contributed by atoms with Crippen LogP contribution in [-0.4, -0.2) is 28.6 Å². The van der Waals surface area contributed by atoms with Gasteiger partial charge in [-0.05, 0) is 38.5 Å². The normalized spacial score (nSPS) is 13.1. The third-order valence-corrected chi connectivity index (χ3v) is 3.08. The molecule has 0 spiro atoms. The van der Waals surface area contributed by atoms with Crippen molar-refractivity contribution in [3.8, 4) is 0 Å². The van der Waals surface area contributed by atoms with Gasteiger partial charge in [-0.1, -0.05) is 23.7 Å². The third-order valence-electron chi connectivity index (χ3n) is 2.83. The van der Waals surface area contributed by atoms with Crippen molar-refractivity contribution in [3.05, 3.63) is 34.9 Å². The first-order valence-corrected chi connectivity index (χ1v) is 6.02. The Morgan fingerprint density at radius 2 is 1.82 bits per heavy atom. The number of rotatable bonds is 5. The highest BCUT2D eigenvalue weighted by molar-refractivity contribution is 6.30. The number of carbonyl (C=O) groups is 1. The van der Waals surface area contributed by atoms with E-state index in [0.717, 1.165) is 5.56 Å². The van der Waals surface area contributed by atoms with Gasteiger partial charge < -0.3 is 5.11 Å². The van der Waals surface area contributed by atoms with Gasteiger partial charge in [0.1, 0.15) is 0 Å². The highest BCUT2D eigenvalue weighted by atomic mass is 35.5. The molecule has 1 aromatic rings. The van der Waals surface area contributed by atoms with Crippen LogP contribution in [0.3, 0.4) is 0 Å². The van der Waals surface area contributed by atoms with Gasteiger partial charge >= 0.3 is 5.97 Å². The number of benzene rings is 1. The molecule has 1 aromatic carbocycles. The first-order chi connectivity index (χ1) is 7.91. The van der Waals surface area contributed by atoms with Crippen molar-refractivity contribution in [2.24, 2.45) is 0 Å². The van der Waals surface area contributed by atoms with E-state index in [2.05, 4.69) is 0 Å². The summed E-state index contributed by atoms with van der Waals surface area (Å²) < 4.78 is 0. The Hall–Kier alpha value is -1.06. The molecule has 0 aliphatic heterocycles. The minimum Gasteiger partial charge on any atom is -0.480 e. The van der Waals surface area contributed by atoms with E-state index in [0.29, 0.717) is 5.02 Å². The van der Waals surface area contributed by atoms with Gasteiger partial charge in [0.05, 0.1) is 6.54 Å². The second-order valence-corrected chi connectivity index (χ2v) is 4.82. The van der Waals surface area contributed by atoms with E-state index in [1.54, 1.807) is 0 Å². The number of hydrogen-bond acceptors (Lipinski definition) is 2. The van der Waals surface area contributed by atoms with Crippen molar-refractivity contribution in [3.63, 3.8) is 0 Å². The SMILES string of the molecule is CC(C)N(CC(=O)O)C(C)c1ccc(Cl)cc1. The molecule has 1 atom stereocenters. The maximum atomic E-state index is 10.8. The van der Waals surface area contributed by atoms with Crippen molar-refractivity contribution in [2.75, 3.05) is 6.54 Å². The Morgan fingerprint density at radius 1 is 1.29 bits per heavy atom. The summed E-state index contributed by atoms with van der Waals surface area (Å²) in [6.45, 7) is 6.04. The van der Waals surface area contributed by atoms with Crippen molar-refractivity contribution in [1.82, 2.24) is 4.90 Å². The van der Waals surface area contributed by atoms with Crippen molar-refractivity contribution in [2.45, 2.75) is 32.9 Å². The van der Waals surface area contributed by atoms with Crippen LogP contribution in [0.5, 0.6) is 0 Å². The number of aliphatic carboxylic acids is 1. The lowest BCUT2D eigenvalue weighted by atomic mass is 10.1. The van der Waals surface area contributed by atoms with E-state index in [1.807, 2.05) is 49.9 Å². The molecule has 0 bridgehead atoms. The Labute approximate surface area is 107 Å². The topological polar surface area (TPSA) is 40.5 Å². The van der Waals surface area contributed by atoms with Gasteiger partial charge in [0.25, 0.3) is 0 Å². The van der Waals surface area contributed by atoms with Crippen LogP contribution in [0.2, 0.25) is 5.02 Å². The van der Waals surface area contributed by atoms with Crippen LogP contribution < -0.4 is 0 Å². The second-order valence-electron chi connectivity index (χ2n) is 4.39. The zero-order chi connectivity index (χ0) is 13.0. The molecule has 0 aromatic heterocycles. The summed E-state index contributed by atoms with van der Waals surface area (Å²) in [4.78, 5) is 12.8. The highest BCUT2D eigenvalue weighted by Gasteiger charge is 2.20. The largest absolute Gasteiger partial charge is 0.480 e. The summed E-state index contributed by atoms with van der Waals surface area (Å²) in [6.07, 6.45) is 0. The first-order valence-electron chi connectivity index (χ1n) is 5.64. The van der Waals surface area contributed by atoms with Gasteiger partial charge in [-0.2, -0.15) is 0 Å². The van der Waals surface area contributed by atoms with Crippen molar-refractivity contribution >= 4 is 17.6 Å². The van der Waals surface area contributed by atoms with Gasteiger partial charge in [0, 0.05) is 17.1 Å². The van der Waals surface area contributed by atoms with E-state index in [-0.39, 0.29) is 18.6 Å². The predicted octanol–water partition coefficient (Wildman–Crippen LogP) is 3.20. The van der Waals surface area contributed by atoms with E-state index < -0.39 is 5.97 Å². The lowest BCUT2D eigenvalue weighted by Gasteiger charge is -2.31. The number of hydrogen-bond donors (Lipinski definition) is 1. The average Bonchev–Trinajstić information content (AvgIpc) is 2.25. The molecular formula is C13H18ClNO2. The third kappa shape index (κ3) is 4.02. The van der Waals surface area contributed by atoms with Gasteiger partial charge in [0.2, 0.25) is 0 Å². The highest BCUT2D eigenvalue weighted by Crippen LogP contribution is 2.23. The number of halogens is 1. The number of carboxylic acids is 1. The minimum absolute atomic E-state index is 0.0431. The predicted molar refractivity (Wildman–Crippen MR) is 69.3 cm³/mol. The lowest BCUT2D eigenvalue weighted by Crippen LogP contribution is -2.37. The minimum atomic E-state index is -0.806. The van der Waals surface area contributed by atoms with Crippen molar-refractivity contribution in [1.29, 1.82) is 0 Å². The smallest absolute Gasteiger partial charge is 0.317 e. The average molecular weight is 256 g/mol. The first kappa shape index (κ1) is 14.0. The molecule has 1 N–H and O–H groups in total. The van der Waals surface area contributed by atoms with Gasteiger partial charge in [-0.15, -0.1) is 0 Å². The van der Waals surface area contributed by atoms with E-state index in [4.69, 9.17) is 16.7 Å². The summed E-state index contributed by atoms with van der Waals surface area (Å²) >= 11 is 5.84. The van der Waals surface area contributed by atoms with E-state index in [9.17, 15) is 4.79 Å². The lowest BCUT2D eigenvalue weighted by molar-refractivity contribution is -0.139. The second kappa shape index (κ2) is 6.03. The molecule has 0 saturated heterocycles. The molecule has 1 unspecified atom stereocenters. The Balaban J connectivity index is 2.87.